The number of alkyl halides is 4. The van der Waals surface area contributed by atoms with E-state index in [1.165, 1.54) is 23.1 Å². The van der Waals surface area contributed by atoms with Crippen molar-refractivity contribution in [3.8, 4) is 5.75 Å². The molecule has 0 radical (unpaired) electrons. The molecule has 0 aromatic heterocycles. The summed E-state index contributed by atoms with van der Waals surface area (Å²) in [5.41, 5.74) is 0.536. The lowest BCUT2D eigenvalue weighted by Crippen LogP contribution is -2.24. The van der Waals surface area contributed by atoms with Crippen molar-refractivity contribution in [2.45, 2.75) is 17.6 Å². The highest BCUT2D eigenvalue weighted by Gasteiger charge is 2.33. The average Bonchev–Trinajstić information content (AvgIpc) is 2.59. The number of ether oxygens (including phenoxy) is 1. The van der Waals surface area contributed by atoms with Crippen LogP contribution >= 0.6 is 31.9 Å². The molecule has 1 aliphatic rings. The number of carbonyl (C=O) groups excluding carboxylic acids is 1. The van der Waals surface area contributed by atoms with Crippen LogP contribution in [-0.4, -0.2) is 23.6 Å². The van der Waals surface area contributed by atoms with Gasteiger partial charge in [0.2, 0.25) is 5.91 Å². The third kappa shape index (κ3) is 3.62. The topological polar surface area (TPSA) is 29.5 Å². The number of amides is 1. The molecular formula is C11H8Br2F3NO2. The third-order valence-electron chi connectivity index (χ3n) is 2.53. The molecule has 1 aliphatic heterocycles. The van der Waals surface area contributed by atoms with E-state index >= 15 is 0 Å². The van der Waals surface area contributed by atoms with Gasteiger partial charge in [0.15, 0.2) is 0 Å². The van der Waals surface area contributed by atoms with Crippen molar-refractivity contribution >= 4 is 43.5 Å². The quantitative estimate of drug-likeness (QED) is 0.703. The Kier molecular flexibility index (Phi) is 4.10. The van der Waals surface area contributed by atoms with E-state index in [4.69, 9.17) is 0 Å². The highest BCUT2D eigenvalue weighted by atomic mass is 79.9. The fourth-order valence-electron chi connectivity index (χ4n) is 1.78. The van der Waals surface area contributed by atoms with Gasteiger partial charge in [-0.15, -0.1) is 13.2 Å². The zero-order valence-corrected chi connectivity index (χ0v) is 12.5. The molecule has 0 bridgehead atoms. The predicted octanol–water partition coefficient (Wildman–Crippen LogP) is 3.85. The summed E-state index contributed by atoms with van der Waals surface area (Å²) in [7, 11) is 0. The van der Waals surface area contributed by atoms with Gasteiger partial charge >= 0.3 is 6.36 Å². The Hall–Kier alpha value is -0.760. The smallest absolute Gasteiger partial charge is 0.405 e. The molecule has 1 unspecified atom stereocenters. The van der Waals surface area contributed by atoms with E-state index in [0.29, 0.717) is 18.7 Å². The largest absolute Gasteiger partial charge is 0.573 e. The van der Waals surface area contributed by atoms with Gasteiger partial charge < -0.3 is 9.64 Å². The number of hydrogen-bond donors (Lipinski definition) is 0. The minimum Gasteiger partial charge on any atom is -0.405 e. The molecule has 8 heteroatoms. The fraction of sp³-hybridized carbons (Fsp3) is 0.364. The molecule has 0 saturated carbocycles. The molecule has 1 aromatic rings. The van der Waals surface area contributed by atoms with Crippen molar-refractivity contribution in [2.24, 2.45) is 0 Å². The Balaban J connectivity index is 2.22. The minimum atomic E-state index is -4.74. The summed E-state index contributed by atoms with van der Waals surface area (Å²) < 4.78 is 40.4. The average molecular weight is 403 g/mol. The van der Waals surface area contributed by atoms with Crippen LogP contribution in [0.15, 0.2) is 22.7 Å². The van der Waals surface area contributed by atoms with Gasteiger partial charge in [-0.25, -0.2) is 0 Å². The molecule has 1 saturated heterocycles. The van der Waals surface area contributed by atoms with Gasteiger partial charge in [0.1, 0.15) is 5.75 Å². The molecule has 0 aliphatic carbocycles. The van der Waals surface area contributed by atoms with Gasteiger partial charge in [-0.3, -0.25) is 4.79 Å². The van der Waals surface area contributed by atoms with E-state index in [2.05, 4.69) is 36.6 Å². The van der Waals surface area contributed by atoms with Crippen LogP contribution in [0.3, 0.4) is 0 Å². The highest BCUT2D eigenvalue weighted by Crippen LogP contribution is 2.35. The second-order valence-corrected chi connectivity index (χ2v) is 6.12. The first-order valence-electron chi connectivity index (χ1n) is 5.26. The molecule has 1 fully saturated rings. The lowest BCUT2D eigenvalue weighted by Gasteiger charge is -2.18. The Morgan fingerprint density at radius 3 is 2.53 bits per heavy atom. The summed E-state index contributed by atoms with van der Waals surface area (Å²) in [4.78, 5) is 13.3. The van der Waals surface area contributed by atoms with Gasteiger partial charge in [-0.2, -0.15) is 0 Å². The van der Waals surface area contributed by atoms with E-state index in [0.717, 1.165) is 0 Å². The molecule has 0 spiro atoms. The number of benzene rings is 1. The van der Waals surface area contributed by atoms with Crippen LogP contribution in [-0.2, 0) is 4.79 Å². The molecule has 1 aromatic carbocycles. The maximum atomic E-state index is 12.1. The normalized spacial score (nSPS) is 19.9. The van der Waals surface area contributed by atoms with Crippen LogP contribution < -0.4 is 9.64 Å². The first-order valence-corrected chi connectivity index (χ1v) is 6.97. The third-order valence-corrected chi connectivity index (χ3v) is 3.76. The number of anilines is 1. The summed E-state index contributed by atoms with van der Waals surface area (Å²) in [6.45, 7) is 0.491. The first kappa shape index (κ1) is 14.6. The van der Waals surface area contributed by atoms with Crippen molar-refractivity contribution in [3.05, 3.63) is 22.7 Å². The Labute approximate surface area is 124 Å². The van der Waals surface area contributed by atoms with Crippen molar-refractivity contribution in [3.63, 3.8) is 0 Å². The van der Waals surface area contributed by atoms with Crippen molar-refractivity contribution in [1.29, 1.82) is 0 Å². The second-order valence-electron chi connectivity index (χ2n) is 3.97. The minimum absolute atomic E-state index is 0.0601. The number of rotatable bonds is 2. The summed E-state index contributed by atoms with van der Waals surface area (Å²) in [5, 5.41) is 0. The van der Waals surface area contributed by atoms with Crippen molar-refractivity contribution in [1.82, 2.24) is 0 Å². The molecule has 1 atom stereocenters. The van der Waals surface area contributed by atoms with E-state index in [9.17, 15) is 18.0 Å². The number of carbonyl (C=O) groups is 1. The maximum absolute atomic E-state index is 12.1. The lowest BCUT2D eigenvalue weighted by atomic mass is 10.3. The number of halogens is 5. The maximum Gasteiger partial charge on any atom is 0.573 e. The zero-order chi connectivity index (χ0) is 14.2. The Morgan fingerprint density at radius 2 is 2.05 bits per heavy atom. The van der Waals surface area contributed by atoms with Gasteiger partial charge in [0.05, 0.1) is 4.47 Å². The van der Waals surface area contributed by atoms with Crippen molar-refractivity contribution < 1.29 is 22.7 Å². The molecule has 1 amide bonds. The number of hydrogen-bond acceptors (Lipinski definition) is 2. The fourth-order valence-corrected chi connectivity index (χ4v) is 2.79. The van der Waals surface area contributed by atoms with E-state index in [1.54, 1.807) is 0 Å². The summed E-state index contributed by atoms with van der Waals surface area (Å²) in [6, 6.07) is 4.04. The summed E-state index contributed by atoms with van der Waals surface area (Å²) in [5.74, 6) is -0.406. The second kappa shape index (κ2) is 5.32. The highest BCUT2D eigenvalue weighted by molar-refractivity contribution is 9.10. The van der Waals surface area contributed by atoms with Gasteiger partial charge in [0, 0.05) is 23.5 Å². The monoisotopic (exact) mass is 401 g/mol. The van der Waals surface area contributed by atoms with Gasteiger partial charge in [0.25, 0.3) is 0 Å². The summed E-state index contributed by atoms with van der Waals surface area (Å²) >= 11 is 6.35. The zero-order valence-electron chi connectivity index (χ0n) is 9.38. The molecule has 0 N–H and O–H groups in total. The van der Waals surface area contributed by atoms with E-state index < -0.39 is 6.36 Å². The Bertz CT molecular complexity index is 507. The summed E-state index contributed by atoms with van der Waals surface area (Å²) in [6.07, 6.45) is -4.37. The Morgan fingerprint density at radius 1 is 1.37 bits per heavy atom. The van der Waals surface area contributed by atoms with Crippen molar-refractivity contribution in [2.75, 3.05) is 11.4 Å². The van der Waals surface area contributed by atoms with E-state index in [-0.39, 0.29) is 21.0 Å². The van der Waals surface area contributed by atoms with Crippen LogP contribution in [0, 0.1) is 0 Å². The first-order chi connectivity index (χ1) is 8.76. The van der Waals surface area contributed by atoms with Crippen LogP contribution in [0.5, 0.6) is 5.75 Å². The van der Waals surface area contributed by atoms with Gasteiger partial charge in [-0.1, -0.05) is 15.9 Å². The molecule has 104 valence electrons. The lowest BCUT2D eigenvalue weighted by molar-refractivity contribution is -0.274. The van der Waals surface area contributed by atoms with Crippen LogP contribution in [0.2, 0.25) is 0 Å². The van der Waals surface area contributed by atoms with Crippen LogP contribution in [0.4, 0.5) is 18.9 Å². The van der Waals surface area contributed by atoms with E-state index in [1.807, 2.05) is 0 Å². The van der Waals surface area contributed by atoms with Crippen LogP contribution in [0.25, 0.3) is 0 Å². The van der Waals surface area contributed by atoms with Crippen LogP contribution in [0.1, 0.15) is 6.42 Å². The SMILES string of the molecule is O=C1CC(Br)CN1c1ccc(OC(F)(F)F)c(Br)c1. The predicted molar refractivity (Wildman–Crippen MR) is 70.5 cm³/mol. The van der Waals surface area contributed by atoms with Gasteiger partial charge in [-0.05, 0) is 34.1 Å². The molecule has 19 heavy (non-hydrogen) atoms. The molecule has 3 nitrogen and oxygen atoms in total. The molecule has 2 rings (SSSR count). The standard InChI is InChI=1S/C11H8Br2F3NO2/c12-6-3-10(18)17(5-6)7-1-2-9(8(13)4-7)19-11(14,15)16/h1-2,4,6H,3,5H2. The molecular weight excluding hydrogens is 395 g/mol. The number of nitrogens with zero attached hydrogens (tertiary/aromatic N) is 1. The molecule has 1 heterocycles.